The highest BCUT2D eigenvalue weighted by Crippen LogP contribution is 2.23. The molecule has 1 aliphatic rings. The third kappa shape index (κ3) is 2.48. The van der Waals surface area contributed by atoms with Crippen molar-refractivity contribution in [2.75, 3.05) is 26.2 Å². The Morgan fingerprint density at radius 2 is 2.05 bits per heavy atom. The molecule has 0 aromatic carbocycles. The average molecular weight is 297 g/mol. The van der Waals surface area contributed by atoms with Gasteiger partial charge in [-0.2, -0.15) is 0 Å². The topological polar surface area (TPSA) is 71.3 Å². The summed E-state index contributed by atoms with van der Waals surface area (Å²) < 4.78 is 5.16. The molecule has 0 bridgehead atoms. The van der Waals surface area contributed by atoms with Crippen LogP contribution in [-0.4, -0.2) is 47.1 Å². The summed E-state index contributed by atoms with van der Waals surface area (Å²) in [7, 11) is 0. The molecule has 3 heterocycles. The molecule has 0 saturated carbocycles. The van der Waals surface area contributed by atoms with Crippen molar-refractivity contribution in [3.63, 3.8) is 0 Å². The Bertz CT molecular complexity index is 635. The molecule has 1 aliphatic heterocycles. The minimum atomic E-state index is 0. The number of hydrogen-bond donors (Lipinski definition) is 1. The maximum atomic E-state index is 12.6. The van der Waals surface area contributed by atoms with Gasteiger partial charge in [-0.15, -0.1) is 12.4 Å². The van der Waals surface area contributed by atoms with E-state index in [1.54, 1.807) is 0 Å². The fraction of sp³-hybridized carbons (Fsp3) is 0.462. The lowest BCUT2D eigenvalue weighted by atomic mass is 10.1. The number of aryl methyl sites for hydroxylation is 2. The summed E-state index contributed by atoms with van der Waals surface area (Å²) >= 11 is 0. The summed E-state index contributed by atoms with van der Waals surface area (Å²) in [5, 5.41) is 7.87. The normalized spacial score (nSPS) is 15.2. The molecule has 108 valence electrons. The van der Waals surface area contributed by atoms with E-state index in [-0.39, 0.29) is 18.3 Å². The molecular weight excluding hydrogens is 280 g/mol. The molecule has 3 rings (SSSR count). The summed E-state index contributed by atoms with van der Waals surface area (Å²) in [6.07, 6.45) is 0. The van der Waals surface area contributed by atoms with Gasteiger partial charge in [-0.1, -0.05) is 5.16 Å². The highest BCUT2D eigenvalue weighted by atomic mass is 35.5. The first kappa shape index (κ1) is 14.7. The number of nitrogens with zero attached hydrogens (tertiary/aromatic N) is 3. The number of pyridine rings is 1. The van der Waals surface area contributed by atoms with Gasteiger partial charge in [0.05, 0.1) is 16.6 Å². The molecule has 0 atom stereocenters. The first-order valence-electron chi connectivity index (χ1n) is 6.40. The van der Waals surface area contributed by atoms with Crippen LogP contribution in [0.15, 0.2) is 10.6 Å². The Balaban J connectivity index is 0.00000147. The van der Waals surface area contributed by atoms with Crippen LogP contribution in [0.25, 0.3) is 11.1 Å². The Labute approximate surface area is 122 Å². The van der Waals surface area contributed by atoms with Crippen LogP contribution >= 0.6 is 12.4 Å². The predicted octanol–water partition coefficient (Wildman–Crippen LogP) is 1.31. The SMILES string of the molecule is Cc1cc(C(=O)N2CCNCC2)c2c(C)noc2n1.Cl. The van der Waals surface area contributed by atoms with Gasteiger partial charge in [-0.3, -0.25) is 4.79 Å². The molecule has 1 saturated heterocycles. The second kappa shape index (κ2) is 5.76. The molecule has 6 nitrogen and oxygen atoms in total. The first-order chi connectivity index (χ1) is 9.16. The lowest BCUT2D eigenvalue weighted by Crippen LogP contribution is -2.46. The molecule has 2 aromatic heterocycles. The summed E-state index contributed by atoms with van der Waals surface area (Å²) in [6.45, 7) is 6.81. The van der Waals surface area contributed by atoms with Crippen molar-refractivity contribution in [3.05, 3.63) is 23.0 Å². The lowest BCUT2D eigenvalue weighted by molar-refractivity contribution is 0.0737. The maximum absolute atomic E-state index is 12.6. The molecule has 0 spiro atoms. The zero-order chi connectivity index (χ0) is 13.4. The maximum Gasteiger partial charge on any atom is 0.258 e. The molecule has 1 amide bonds. The largest absolute Gasteiger partial charge is 0.336 e. The van der Waals surface area contributed by atoms with E-state index >= 15 is 0 Å². The minimum absolute atomic E-state index is 0. The summed E-state index contributed by atoms with van der Waals surface area (Å²) in [5.74, 6) is 0.0308. The number of carbonyl (C=O) groups is 1. The molecule has 7 heteroatoms. The van der Waals surface area contributed by atoms with Gasteiger partial charge >= 0.3 is 0 Å². The van der Waals surface area contributed by atoms with Crippen molar-refractivity contribution in [1.29, 1.82) is 0 Å². The Hall–Kier alpha value is -1.66. The van der Waals surface area contributed by atoms with Crippen LogP contribution in [0.1, 0.15) is 21.7 Å². The van der Waals surface area contributed by atoms with Crippen LogP contribution in [0.5, 0.6) is 0 Å². The van der Waals surface area contributed by atoms with Gasteiger partial charge in [0.25, 0.3) is 11.6 Å². The Morgan fingerprint density at radius 3 is 2.75 bits per heavy atom. The van der Waals surface area contributed by atoms with Gasteiger partial charge < -0.3 is 14.7 Å². The number of fused-ring (bicyclic) bond motifs is 1. The highest BCUT2D eigenvalue weighted by Gasteiger charge is 2.23. The number of aromatic nitrogens is 2. The van der Waals surface area contributed by atoms with Gasteiger partial charge in [0.15, 0.2) is 0 Å². The third-order valence-corrected chi connectivity index (χ3v) is 3.38. The summed E-state index contributed by atoms with van der Waals surface area (Å²) in [4.78, 5) is 18.7. The third-order valence-electron chi connectivity index (χ3n) is 3.38. The molecule has 2 aromatic rings. The van der Waals surface area contributed by atoms with E-state index in [1.165, 1.54) is 0 Å². The molecule has 0 aliphatic carbocycles. The molecule has 0 radical (unpaired) electrons. The van der Waals surface area contributed by atoms with E-state index in [4.69, 9.17) is 4.52 Å². The highest BCUT2D eigenvalue weighted by molar-refractivity contribution is 6.06. The molecule has 1 N–H and O–H groups in total. The zero-order valence-corrected chi connectivity index (χ0v) is 12.3. The standard InChI is InChI=1S/C13H16N4O2.ClH/c1-8-7-10(11-9(2)16-19-12(11)15-8)13(18)17-5-3-14-4-6-17;/h7,14H,3-6H2,1-2H3;1H. The minimum Gasteiger partial charge on any atom is -0.336 e. The number of hydrogen-bond acceptors (Lipinski definition) is 5. The van der Waals surface area contributed by atoms with Crippen molar-refractivity contribution < 1.29 is 9.32 Å². The second-order valence-corrected chi connectivity index (χ2v) is 4.80. The van der Waals surface area contributed by atoms with Gasteiger partial charge in [0.1, 0.15) is 0 Å². The van der Waals surface area contributed by atoms with Gasteiger partial charge in [-0.25, -0.2) is 4.98 Å². The van der Waals surface area contributed by atoms with Crippen molar-refractivity contribution in [2.45, 2.75) is 13.8 Å². The smallest absolute Gasteiger partial charge is 0.258 e. The van der Waals surface area contributed by atoms with E-state index < -0.39 is 0 Å². The predicted molar refractivity (Wildman–Crippen MR) is 77.3 cm³/mol. The van der Waals surface area contributed by atoms with Crippen LogP contribution in [0, 0.1) is 13.8 Å². The van der Waals surface area contributed by atoms with Crippen LogP contribution in [0.4, 0.5) is 0 Å². The van der Waals surface area contributed by atoms with Gasteiger partial charge in [0, 0.05) is 31.9 Å². The van der Waals surface area contributed by atoms with E-state index in [0.29, 0.717) is 17.0 Å². The number of amides is 1. The lowest BCUT2D eigenvalue weighted by Gasteiger charge is -2.27. The molecule has 1 fully saturated rings. The van der Waals surface area contributed by atoms with Crippen LogP contribution in [0.3, 0.4) is 0 Å². The fourth-order valence-electron chi connectivity index (χ4n) is 2.42. The van der Waals surface area contributed by atoms with Crippen molar-refractivity contribution >= 4 is 29.4 Å². The quantitative estimate of drug-likeness (QED) is 0.859. The number of nitrogens with one attached hydrogen (secondary N) is 1. The molecule has 0 unspecified atom stereocenters. The van der Waals surface area contributed by atoms with Crippen molar-refractivity contribution in [1.82, 2.24) is 20.4 Å². The van der Waals surface area contributed by atoms with E-state index in [9.17, 15) is 4.79 Å². The summed E-state index contributed by atoms with van der Waals surface area (Å²) in [6, 6.07) is 1.82. The van der Waals surface area contributed by atoms with E-state index in [0.717, 1.165) is 37.3 Å². The molecule has 20 heavy (non-hydrogen) atoms. The van der Waals surface area contributed by atoms with Crippen LogP contribution in [-0.2, 0) is 0 Å². The number of rotatable bonds is 1. The monoisotopic (exact) mass is 296 g/mol. The Kier molecular flexibility index (Phi) is 4.25. The fourth-order valence-corrected chi connectivity index (χ4v) is 2.42. The van der Waals surface area contributed by atoms with Crippen molar-refractivity contribution in [2.24, 2.45) is 0 Å². The molecular formula is C13H17ClN4O2. The van der Waals surface area contributed by atoms with E-state index in [2.05, 4.69) is 15.5 Å². The number of carbonyl (C=O) groups excluding carboxylic acids is 1. The van der Waals surface area contributed by atoms with Gasteiger partial charge in [-0.05, 0) is 19.9 Å². The van der Waals surface area contributed by atoms with Crippen LogP contribution in [0.2, 0.25) is 0 Å². The van der Waals surface area contributed by atoms with Crippen LogP contribution < -0.4 is 5.32 Å². The zero-order valence-electron chi connectivity index (χ0n) is 11.5. The van der Waals surface area contributed by atoms with E-state index in [1.807, 2.05) is 24.8 Å². The Morgan fingerprint density at radius 1 is 1.35 bits per heavy atom. The average Bonchev–Trinajstić information content (AvgIpc) is 2.79. The summed E-state index contributed by atoms with van der Waals surface area (Å²) in [5.41, 5.74) is 2.56. The van der Waals surface area contributed by atoms with Gasteiger partial charge in [0.2, 0.25) is 0 Å². The number of piperazine rings is 1. The number of halogens is 1. The van der Waals surface area contributed by atoms with Crippen molar-refractivity contribution in [3.8, 4) is 0 Å². The second-order valence-electron chi connectivity index (χ2n) is 4.80. The first-order valence-corrected chi connectivity index (χ1v) is 6.40.